The van der Waals surface area contributed by atoms with Gasteiger partial charge < -0.3 is 20.3 Å². The van der Waals surface area contributed by atoms with Crippen molar-refractivity contribution in [2.75, 3.05) is 13.1 Å². The van der Waals surface area contributed by atoms with Crippen molar-refractivity contribution in [3.05, 3.63) is 47.0 Å². The number of nitrogens with one attached hydrogen (secondary N) is 1. The number of esters is 1. The summed E-state index contributed by atoms with van der Waals surface area (Å²) in [6.07, 6.45) is 8.28. The van der Waals surface area contributed by atoms with Crippen LogP contribution in [0.4, 0.5) is 0 Å². The van der Waals surface area contributed by atoms with E-state index in [0.717, 1.165) is 69.9 Å². The molecule has 4 fully saturated rings. The molecule has 288 valence electrons. The number of fused-ring (bicyclic) bond motifs is 7. The van der Waals surface area contributed by atoms with Crippen LogP contribution in [0.5, 0.6) is 0 Å². The zero-order valence-corrected chi connectivity index (χ0v) is 33.6. The number of carboxylic acids is 1. The van der Waals surface area contributed by atoms with E-state index in [1.165, 1.54) is 11.1 Å². The average molecular weight is 718 g/mol. The second-order valence-corrected chi connectivity index (χ2v) is 20.0. The van der Waals surface area contributed by atoms with Gasteiger partial charge in [-0.05, 0) is 129 Å². The molecule has 0 bridgehead atoms. The minimum atomic E-state index is -1.16. The third-order valence-electron chi connectivity index (χ3n) is 16.3. The van der Waals surface area contributed by atoms with Crippen LogP contribution in [0.15, 0.2) is 41.5 Å². The molecule has 0 aromatic heterocycles. The SMILES string of the molecule is CC(C)C1=C2[C@H]3CC[C@@H]4[C@@]5(C)CC[C@H](OC(=O)CC(C)(C)C(=O)O)C(C)(C)[C@@H]5CC[C@@]4(C)[C@]3(C)CCC2(C(O)CNCCc2ccccc2)CC1=O. The maximum atomic E-state index is 14.0. The highest BCUT2D eigenvalue weighted by molar-refractivity contribution is 6.00. The molecule has 6 rings (SSSR count). The van der Waals surface area contributed by atoms with E-state index in [1.807, 2.05) is 6.07 Å². The quantitative estimate of drug-likeness (QED) is 0.155. The largest absolute Gasteiger partial charge is 0.481 e. The maximum absolute atomic E-state index is 14.0. The molecular formula is C45H67NO6. The van der Waals surface area contributed by atoms with Crippen molar-refractivity contribution in [1.29, 1.82) is 0 Å². The summed E-state index contributed by atoms with van der Waals surface area (Å²) >= 11 is 0. The first-order valence-electron chi connectivity index (χ1n) is 20.4. The maximum Gasteiger partial charge on any atom is 0.309 e. The zero-order chi connectivity index (χ0) is 38.1. The van der Waals surface area contributed by atoms with E-state index >= 15 is 0 Å². The average Bonchev–Trinajstić information content (AvgIpc) is 3.38. The molecular weight excluding hydrogens is 650 g/mol. The summed E-state index contributed by atoms with van der Waals surface area (Å²) in [5.74, 6) is 0.126. The highest BCUT2D eigenvalue weighted by atomic mass is 16.5. The van der Waals surface area contributed by atoms with Gasteiger partial charge in [0.15, 0.2) is 5.78 Å². The third kappa shape index (κ3) is 6.12. The number of benzene rings is 1. The number of aliphatic carboxylic acids is 1. The van der Waals surface area contributed by atoms with Gasteiger partial charge in [0, 0.05) is 23.8 Å². The number of carbonyl (C=O) groups excluding carboxylic acids is 2. The number of carboxylic acid groups (broad SMARTS) is 1. The van der Waals surface area contributed by atoms with E-state index in [2.05, 4.69) is 78.0 Å². The molecule has 5 aliphatic carbocycles. The standard InChI is InChI=1S/C45H67NO6/c1-28(2)37-31(47)25-45(34(48)27-46-24-19-29-13-11-10-12-14-29)23-22-43(8)30(38(37)45)15-16-33-42(7)20-18-35(52-36(49)26-40(3,4)39(50)51)41(5,6)32(42)17-21-44(33,43)9/h10-14,28,30,32-35,46,48H,15-27H2,1-9H3,(H,50,51)/t30-,32+,33-,34?,35+,42+,43-,44-,45?/m1/s1. The molecule has 0 spiro atoms. The van der Waals surface area contributed by atoms with Crippen LogP contribution in [0.1, 0.15) is 132 Å². The van der Waals surface area contributed by atoms with Crippen LogP contribution in [0.2, 0.25) is 0 Å². The molecule has 4 saturated carbocycles. The first-order chi connectivity index (χ1) is 24.2. The van der Waals surface area contributed by atoms with E-state index in [1.54, 1.807) is 13.8 Å². The molecule has 2 unspecified atom stereocenters. The lowest BCUT2D eigenvalue weighted by molar-refractivity contribution is -0.235. The van der Waals surface area contributed by atoms with E-state index in [9.17, 15) is 24.6 Å². The van der Waals surface area contributed by atoms with E-state index in [0.29, 0.717) is 24.8 Å². The molecule has 0 amide bonds. The molecule has 0 aliphatic heterocycles. The van der Waals surface area contributed by atoms with Gasteiger partial charge in [-0.2, -0.15) is 0 Å². The number of aliphatic hydroxyl groups excluding tert-OH is 1. The van der Waals surface area contributed by atoms with Crippen LogP contribution in [0, 0.1) is 56.2 Å². The summed E-state index contributed by atoms with van der Waals surface area (Å²) < 4.78 is 6.17. The molecule has 7 heteroatoms. The molecule has 0 saturated heterocycles. The summed E-state index contributed by atoms with van der Waals surface area (Å²) in [4.78, 5) is 38.8. The number of carbonyl (C=O) groups is 3. The van der Waals surface area contributed by atoms with Crippen molar-refractivity contribution in [3.63, 3.8) is 0 Å². The number of hydrogen-bond acceptors (Lipinski definition) is 6. The number of ether oxygens (including phenoxy) is 1. The monoisotopic (exact) mass is 717 g/mol. The fourth-order valence-electron chi connectivity index (χ4n) is 13.2. The number of aliphatic hydroxyl groups is 1. The first kappa shape index (κ1) is 39.2. The Morgan fingerprint density at radius 3 is 2.27 bits per heavy atom. The number of ketones is 1. The van der Waals surface area contributed by atoms with Gasteiger partial charge in [-0.25, -0.2) is 0 Å². The summed E-state index contributed by atoms with van der Waals surface area (Å²) in [7, 11) is 0. The van der Waals surface area contributed by atoms with Crippen molar-refractivity contribution >= 4 is 17.7 Å². The topological polar surface area (TPSA) is 113 Å². The lowest BCUT2D eigenvalue weighted by Gasteiger charge is -2.72. The van der Waals surface area contributed by atoms with Crippen LogP contribution in [0.3, 0.4) is 0 Å². The van der Waals surface area contributed by atoms with Crippen LogP contribution >= 0.6 is 0 Å². The van der Waals surface area contributed by atoms with Gasteiger partial charge in [0.2, 0.25) is 0 Å². The van der Waals surface area contributed by atoms with Gasteiger partial charge in [-0.3, -0.25) is 14.4 Å². The van der Waals surface area contributed by atoms with Crippen LogP contribution in [-0.2, 0) is 25.5 Å². The van der Waals surface area contributed by atoms with Gasteiger partial charge in [-0.1, -0.05) is 84.4 Å². The van der Waals surface area contributed by atoms with Gasteiger partial charge in [-0.15, -0.1) is 0 Å². The van der Waals surface area contributed by atoms with Crippen LogP contribution < -0.4 is 5.32 Å². The van der Waals surface area contributed by atoms with Crippen molar-refractivity contribution in [1.82, 2.24) is 5.32 Å². The highest BCUT2D eigenvalue weighted by Crippen LogP contribution is 2.77. The lowest BCUT2D eigenvalue weighted by atomic mass is 9.33. The summed E-state index contributed by atoms with van der Waals surface area (Å²) in [5.41, 5.74) is 1.85. The highest BCUT2D eigenvalue weighted by Gasteiger charge is 2.70. The van der Waals surface area contributed by atoms with Crippen molar-refractivity contribution < 1.29 is 29.3 Å². The van der Waals surface area contributed by atoms with Gasteiger partial charge in [0.25, 0.3) is 0 Å². The Kier molecular flexibility index (Phi) is 10.3. The molecule has 0 radical (unpaired) electrons. The lowest BCUT2D eigenvalue weighted by Crippen LogP contribution is -2.66. The van der Waals surface area contributed by atoms with Gasteiger partial charge in [0.1, 0.15) is 6.10 Å². The Morgan fingerprint density at radius 1 is 0.923 bits per heavy atom. The third-order valence-corrected chi connectivity index (χ3v) is 16.3. The Hall–Kier alpha value is -2.51. The smallest absolute Gasteiger partial charge is 0.309 e. The van der Waals surface area contributed by atoms with Gasteiger partial charge >= 0.3 is 11.9 Å². The van der Waals surface area contributed by atoms with E-state index in [-0.39, 0.29) is 51.8 Å². The Labute approximate surface area is 313 Å². The zero-order valence-electron chi connectivity index (χ0n) is 33.6. The molecule has 1 aromatic carbocycles. The first-order valence-corrected chi connectivity index (χ1v) is 20.4. The minimum Gasteiger partial charge on any atom is -0.481 e. The predicted molar refractivity (Wildman–Crippen MR) is 204 cm³/mol. The molecule has 9 atom stereocenters. The summed E-state index contributed by atoms with van der Waals surface area (Å²) in [5, 5.41) is 25.3. The van der Waals surface area contributed by atoms with Crippen molar-refractivity contribution in [3.8, 4) is 0 Å². The normalized spacial score (nSPS) is 37.5. The summed E-state index contributed by atoms with van der Waals surface area (Å²) in [6, 6.07) is 10.4. The number of hydrogen-bond donors (Lipinski definition) is 3. The Balaban J connectivity index is 1.24. The van der Waals surface area contributed by atoms with Gasteiger partial charge in [0.05, 0.1) is 17.9 Å². The second kappa shape index (κ2) is 13.7. The van der Waals surface area contributed by atoms with E-state index < -0.39 is 28.9 Å². The molecule has 7 nitrogen and oxygen atoms in total. The van der Waals surface area contributed by atoms with Crippen LogP contribution in [0.25, 0.3) is 0 Å². The Bertz CT molecular complexity index is 1580. The second-order valence-electron chi connectivity index (χ2n) is 20.0. The summed E-state index contributed by atoms with van der Waals surface area (Å²) in [6.45, 7) is 21.0. The molecule has 0 heterocycles. The number of rotatable bonds is 11. The molecule has 3 N–H and O–H groups in total. The van der Waals surface area contributed by atoms with Crippen molar-refractivity contribution in [2.45, 2.75) is 145 Å². The molecule has 1 aromatic rings. The molecule has 52 heavy (non-hydrogen) atoms. The number of Topliss-reactive ketones (excluding diaryl/α,β-unsaturated/α-hetero) is 1. The number of allylic oxidation sites excluding steroid dienone is 1. The fourth-order valence-corrected chi connectivity index (χ4v) is 13.2. The van der Waals surface area contributed by atoms with Crippen molar-refractivity contribution in [2.24, 2.45) is 56.2 Å². The predicted octanol–water partition coefficient (Wildman–Crippen LogP) is 8.57. The van der Waals surface area contributed by atoms with E-state index in [4.69, 9.17) is 4.74 Å². The molecule has 5 aliphatic rings. The minimum absolute atomic E-state index is 0.00379. The Morgan fingerprint density at radius 2 is 1.62 bits per heavy atom. The van der Waals surface area contributed by atoms with Crippen LogP contribution in [-0.4, -0.2) is 53.2 Å². The fraction of sp³-hybridized carbons (Fsp3) is 0.756.